The third kappa shape index (κ3) is 2.50. The van der Waals surface area contributed by atoms with Crippen molar-refractivity contribution in [2.75, 3.05) is 7.11 Å². The lowest BCUT2D eigenvalue weighted by Gasteiger charge is -2.12. The van der Waals surface area contributed by atoms with Gasteiger partial charge in [0.15, 0.2) is 0 Å². The number of imide groups is 1. The molecule has 2 heterocycles. The Hall–Kier alpha value is -3.55. The van der Waals surface area contributed by atoms with E-state index in [1.165, 1.54) is 31.4 Å². The zero-order chi connectivity index (χ0) is 17.3. The number of carbonyl (C=O) groups is 4. The summed E-state index contributed by atoms with van der Waals surface area (Å²) in [5.74, 6) is -3.05. The average molecular weight is 326 g/mol. The summed E-state index contributed by atoms with van der Waals surface area (Å²) in [6, 6.07) is 8.69. The predicted molar refractivity (Wildman–Crippen MR) is 77.9 cm³/mol. The molecule has 2 amide bonds. The third-order valence-corrected chi connectivity index (χ3v) is 3.32. The van der Waals surface area contributed by atoms with Gasteiger partial charge in [0.25, 0.3) is 11.8 Å². The van der Waals surface area contributed by atoms with Gasteiger partial charge in [-0.2, -0.15) is 0 Å². The molecule has 0 saturated heterocycles. The van der Waals surface area contributed by atoms with Gasteiger partial charge in [0.05, 0.1) is 23.8 Å². The minimum absolute atomic E-state index is 0.00906. The van der Waals surface area contributed by atoms with Gasteiger partial charge in [-0.3, -0.25) is 9.59 Å². The first kappa shape index (κ1) is 15.3. The van der Waals surface area contributed by atoms with E-state index in [0.29, 0.717) is 5.06 Å². The molecule has 0 unspecified atom stereocenters. The van der Waals surface area contributed by atoms with E-state index < -0.39 is 23.8 Å². The molecule has 0 aliphatic carbocycles. The zero-order valence-electron chi connectivity index (χ0n) is 12.4. The van der Waals surface area contributed by atoms with Crippen molar-refractivity contribution < 1.29 is 28.8 Å². The van der Waals surface area contributed by atoms with Crippen LogP contribution in [0.25, 0.3) is 0 Å². The summed E-state index contributed by atoms with van der Waals surface area (Å²) in [5.41, 5.74) is 0.304. The van der Waals surface area contributed by atoms with Crippen molar-refractivity contribution in [3.63, 3.8) is 0 Å². The minimum Gasteiger partial charge on any atom is -0.464 e. The lowest BCUT2D eigenvalue weighted by atomic mass is 10.1. The van der Waals surface area contributed by atoms with Crippen LogP contribution in [0, 0.1) is 0 Å². The third-order valence-electron chi connectivity index (χ3n) is 3.32. The zero-order valence-corrected chi connectivity index (χ0v) is 12.4. The number of hydrogen-bond acceptors (Lipinski definition) is 7. The number of fused-ring (bicyclic) bond motifs is 1. The highest BCUT2D eigenvalue weighted by molar-refractivity contribution is 6.21. The monoisotopic (exact) mass is 326 g/mol. The van der Waals surface area contributed by atoms with Crippen LogP contribution in [0.5, 0.6) is 0 Å². The quantitative estimate of drug-likeness (QED) is 0.617. The first-order valence-electron chi connectivity index (χ1n) is 6.77. The molecule has 0 saturated carbocycles. The molecule has 0 radical (unpaired) electrons. The normalized spacial score (nSPS) is 12.8. The molecule has 1 aliphatic rings. The number of nitrogens with zero attached hydrogens (tertiary/aromatic N) is 2. The van der Waals surface area contributed by atoms with Crippen LogP contribution in [0.15, 0.2) is 42.6 Å². The van der Waals surface area contributed by atoms with Gasteiger partial charge in [0.1, 0.15) is 5.69 Å². The van der Waals surface area contributed by atoms with Gasteiger partial charge >= 0.3 is 11.9 Å². The molecular formula is C16H10N2O6. The van der Waals surface area contributed by atoms with Crippen molar-refractivity contribution in [2.45, 2.75) is 0 Å². The molecule has 3 rings (SSSR count). The molecule has 0 spiro atoms. The average Bonchev–Trinajstić information content (AvgIpc) is 2.86. The van der Waals surface area contributed by atoms with Gasteiger partial charge in [-0.1, -0.05) is 17.2 Å². The first-order chi connectivity index (χ1) is 11.5. The molecule has 1 aromatic carbocycles. The highest BCUT2D eigenvalue weighted by Gasteiger charge is 2.38. The maximum absolute atomic E-state index is 12.1. The summed E-state index contributed by atoms with van der Waals surface area (Å²) in [7, 11) is 1.20. The van der Waals surface area contributed by atoms with Crippen molar-refractivity contribution in [2.24, 2.45) is 0 Å². The molecule has 0 fully saturated rings. The summed E-state index contributed by atoms with van der Waals surface area (Å²) in [6.07, 6.45) is 1.09. The minimum atomic E-state index is -0.951. The van der Waals surface area contributed by atoms with Gasteiger partial charge in [0.2, 0.25) is 0 Å². The van der Waals surface area contributed by atoms with Gasteiger partial charge in [-0.05, 0) is 24.3 Å². The van der Waals surface area contributed by atoms with Crippen LogP contribution in [-0.4, -0.2) is 40.9 Å². The van der Waals surface area contributed by atoms with Crippen molar-refractivity contribution in [1.29, 1.82) is 0 Å². The number of rotatable bonds is 3. The number of carbonyl (C=O) groups excluding carboxylic acids is 4. The summed E-state index contributed by atoms with van der Waals surface area (Å²) >= 11 is 0. The number of ether oxygens (including phenoxy) is 1. The number of hydrogen-bond donors (Lipinski definition) is 0. The van der Waals surface area contributed by atoms with E-state index in [2.05, 4.69) is 9.72 Å². The number of amides is 2. The topological polar surface area (TPSA) is 103 Å². The largest absolute Gasteiger partial charge is 0.464 e. The standard InChI is InChI=1S/C16H10N2O6/c1-23-16(22)12-7-6-9(8-17-12)15(21)24-18-13(19)10-4-2-3-5-11(10)14(18)20/h2-8H,1H3. The Balaban J connectivity index is 1.77. The first-order valence-corrected chi connectivity index (χ1v) is 6.77. The SMILES string of the molecule is COC(=O)c1ccc(C(=O)ON2C(=O)c3ccccc3C2=O)cn1. The summed E-state index contributed by atoms with van der Waals surface area (Å²) in [4.78, 5) is 56.2. The highest BCUT2D eigenvalue weighted by atomic mass is 16.7. The molecule has 24 heavy (non-hydrogen) atoms. The predicted octanol–water partition coefficient (Wildman–Crippen LogP) is 1.24. The lowest BCUT2D eigenvalue weighted by molar-refractivity contribution is -0.0584. The Labute approximate surface area is 135 Å². The van der Waals surface area contributed by atoms with Gasteiger partial charge in [-0.25, -0.2) is 14.6 Å². The van der Waals surface area contributed by atoms with Crippen molar-refractivity contribution in [1.82, 2.24) is 10.0 Å². The van der Waals surface area contributed by atoms with Crippen LogP contribution in [0.3, 0.4) is 0 Å². The van der Waals surface area contributed by atoms with Crippen LogP contribution < -0.4 is 0 Å². The fourth-order valence-electron chi connectivity index (χ4n) is 2.13. The molecule has 1 aromatic heterocycles. The number of benzene rings is 1. The maximum Gasteiger partial charge on any atom is 0.365 e. The smallest absolute Gasteiger partial charge is 0.365 e. The molecule has 8 nitrogen and oxygen atoms in total. The van der Waals surface area contributed by atoms with Gasteiger partial charge < -0.3 is 9.57 Å². The van der Waals surface area contributed by atoms with Gasteiger partial charge in [0, 0.05) is 6.20 Å². The maximum atomic E-state index is 12.1. The van der Waals surface area contributed by atoms with E-state index in [0.717, 1.165) is 6.20 Å². The van der Waals surface area contributed by atoms with E-state index in [1.807, 2.05) is 0 Å². The molecule has 2 aromatic rings. The van der Waals surface area contributed by atoms with Crippen LogP contribution >= 0.6 is 0 Å². The summed E-state index contributed by atoms with van der Waals surface area (Å²) < 4.78 is 4.49. The van der Waals surface area contributed by atoms with Crippen molar-refractivity contribution >= 4 is 23.8 Å². The van der Waals surface area contributed by atoms with Crippen LogP contribution in [0.1, 0.15) is 41.6 Å². The molecular weight excluding hydrogens is 316 g/mol. The number of methoxy groups -OCH3 is 1. The van der Waals surface area contributed by atoms with Crippen molar-refractivity contribution in [3.05, 3.63) is 65.0 Å². The fraction of sp³-hybridized carbons (Fsp3) is 0.0625. The van der Waals surface area contributed by atoms with Gasteiger partial charge in [-0.15, -0.1) is 0 Å². The second-order valence-electron chi connectivity index (χ2n) is 4.75. The Bertz CT molecular complexity index is 824. The van der Waals surface area contributed by atoms with Crippen molar-refractivity contribution in [3.8, 4) is 0 Å². The molecule has 0 N–H and O–H groups in total. The van der Waals surface area contributed by atoms with E-state index in [1.54, 1.807) is 12.1 Å². The Kier molecular flexibility index (Phi) is 3.78. The van der Waals surface area contributed by atoms with E-state index >= 15 is 0 Å². The molecule has 0 bridgehead atoms. The Morgan fingerprint density at radius 3 is 2.08 bits per heavy atom. The Morgan fingerprint density at radius 1 is 0.958 bits per heavy atom. The highest BCUT2D eigenvalue weighted by Crippen LogP contribution is 2.23. The number of pyridine rings is 1. The summed E-state index contributed by atoms with van der Waals surface area (Å²) in [5, 5.41) is 0.404. The van der Waals surface area contributed by atoms with E-state index in [4.69, 9.17) is 4.84 Å². The lowest BCUT2D eigenvalue weighted by Crippen LogP contribution is -2.32. The molecule has 120 valence electrons. The summed E-state index contributed by atoms with van der Waals surface area (Å²) in [6.45, 7) is 0. The number of aromatic nitrogens is 1. The van der Waals surface area contributed by atoms with Crippen LogP contribution in [0.2, 0.25) is 0 Å². The molecule has 0 atom stereocenters. The molecule has 8 heteroatoms. The van der Waals surface area contributed by atoms with E-state index in [9.17, 15) is 19.2 Å². The Morgan fingerprint density at radius 2 is 1.58 bits per heavy atom. The second kappa shape index (κ2) is 5.92. The van der Waals surface area contributed by atoms with Crippen LogP contribution in [0.4, 0.5) is 0 Å². The fourth-order valence-corrected chi connectivity index (χ4v) is 2.13. The van der Waals surface area contributed by atoms with Crippen LogP contribution in [-0.2, 0) is 9.57 Å². The molecule has 1 aliphatic heterocycles. The number of hydroxylamine groups is 2. The number of esters is 1. The van der Waals surface area contributed by atoms with E-state index in [-0.39, 0.29) is 22.4 Å². The second-order valence-corrected chi connectivity index (χ2v) is 4.75.